The van der Waals surface area contributed by atoms with Gasteiger partial charge in [-0.1, -0.05) is 21.1 Å². The number of halogens is 1. The Labute approximate surface area is 90.9 Å². The summed E-state index contributed by atoms with van der Waals surface area (Å²) in [7, 11) is 0. The summed E-state index contributed by atoms with van der Waals surface area (Å²) in [4.78, 5) is 0. The summed E-state index contributed by atoms with van der Waals surface area (Å²) in [6.45, 7) is 0. The minimum Gasteiger partial charge on any atom is -0.411 e. The van der Waals surface area contributed by atoms with Crippen LogP contribution in [-0.2, 0) is 0 Å². The number of rotatable bonds is 0. The van der Waals surface area contributed by atoms with Gasteiger partial charge in [-0.2, -0.15) is 0 Å². The van der Waals surface area contributed by atoms with E-state index < -0.39 is 0 Å². The van der Waals surface area contributed by atoms with Crippen molar-refractivity contribution in [2.75, 3.05) is 0 Å². The minimum atomic E-state index is 0.367. The molecule has 14 heavy (non-hydrogen) atoms. The lowest BCUT2D eigenvalue weighted by Gasteiger charge is -2.37. The maximum absolute atomic E-state index is 9.16. The second-order valence-corrected chi connectivity index (χ2v) is 7.47. The zero-order valence-corrected chi connectivity index (χ0v) is 9.31. The molecule has 6 fully saturated rings. The zero-order chi connectivity index (χ0) is 9.24. The molecular weight excluding hydrogens is 242 g/mol. The Morgan fingerprint density at radius 2 is 2.21 bits per heavy atom. The van der Waals surface area contributed by atoms with Gasteiger partial charge in [-0.15, -0.1) is 0 Å². The van der Waals surface area contributed by atoms with Crippen LogP contribution in [-0.4, -0.2) is 15.2 Å². The van der Waals surface area contributed by atoms with Crippen LogP contribution in [0.15, 0.2) is 5.16 Å². The Bertz CT molecular complexity index is 395. The van der Waals surface area contributed by atoms with Gasteiger partial charge in [0, 0.05) is 16.2 Å². The maximum Gasteiger partial charge on any atom is 0.0655 e. The summed E-state index contributed by atoms with van der Waals surface area (Å²) in [5.41, 5.74) is 1.17. The summed E-state index contributed by atoms with van der Waals surface area (Å²) in [5.74, 6) is 5.85. The van der Waals surface area contributed by atoms with Crippen LogP contribution in [0.3, 0.4) is 0 Å². The number of hydrogen-bond acceptors (Lipinski definition) is 2. The fraction of sp³-hybridized carbons (Fsp3) is 0.909. The first-order valence-electron chi connectivity index (χ1n) is 5.68. The Balaban J connectivity index is 1.89. The molecule has 0 aromatic carbocycles. The van der Waals surface area contributed by atoms with Crippen LogP contribution in [0.2, 0.25) is 0 Å². The van der Waals surface area contributed by atoms with Crippen LogP contribution in [0.4, 0.5) is 0 Å². The fourth-order valence-corrected chi connectivity index (χ4v) is 7.89. The Morgan fingerprint density at radius 3 is 2.93 bits per heavy atom. The molecule has 2 nitrogen and oxygen atoms in total. The van der Waals surface area contributed by atoms with Crippen molar-refractivity contribution in [3.63, 3.8) is 0 Å². The lowest BCUT2D eigenvalue weighted by Crippen LogP contribution is -2.39. The molecule has 6 saturated carbocycles. The standard InChI is InChI=1S/C11H12BrNO/c12-11-2-5-3-1-4-6(5)9(11)10(13-14)7(4)8(3)11/h3-9,14H,1-2H2/b13-10+. The van der Waals surface area contributed by atoms with Crippen molar-refractivity contribution in [1.82, 2.24) is 0 Å². The van der Waals surface area contributed by atoms with E-state index in [2.05, 4.69) is 21.1 Å². The van der Waals surface area contributed by atoms with E-state index >= 15 is 0 Å². The van der Waals surface area contributed by atoms with Crippen LogP contribution in [0, 0.1) is 41.4 Å². The third-order valence-corrected chi connectivity index (χ3v) is 7.52. The highest BCUT2D eigenvalue weighted by atomic mass is 79.9. The number of alkyl halides is 1. The van der Waals surface area contributed by atoms with Crippen molar-refractivity contribution >= 4 is 21.6 Å². The monoisotopic (exact) mass is 253 g/mol. The highest BCUT2D eigenvalue weighted by Gasteiger charge is 2.85. The van der Waals surface area contributed by atoms with Crippen LogP contribution in [0.5, 0.6) is 0 Å². The molecule has 8 atom stereocenters. The maximum atomic E-state index is 9.16. The van der Waals surface area contributed by atoms with Gasteiger partial charge in [-0.3, -0.25) is 0 Å². The Hall–Kier alpha value is -0.0500. The van der Waals surface area contributed by atoms with E-state index in [1.54, 1.807) is 0 Å². The predicted molar refractivity (Wildman–Crippen MR) is 54.5 cm³/mol. The Kier molecular flexibility index (Phi) is 0.883. The molecule has 6 aliphatic carbocycles. The van der Waals surface area contributed by atoms with Crippen molar-refractivity contribution in [3.8, 4) is 0 Å². The molecule has 6 rings (SSSR count). The van der Waals surface area contributed by atoms with Crippen molar-refractivity contribution in [1.29, 1.82) is 0 Å². The van der Waals surface area contributed by atoms with Gasteiger partial charge in [0.1, 0.15) is 0 Å². The quantitative estimate of drug-likeness (QED) is 0.401. The third kappa shape index (κ3) is 0.412. The summed E-state index contributed by atoms with van der Waals surface area (Å²) in [5, 5.41) is 12.8. The molecule has 0 aromatic rings. The molecule has 0 radical (unpaired) electrons. The van der Waals surface area contributed by atoms with E-state index in [-0.39, 0.29) is 0 Å². The lowest BCUT2D eigenvalue weighted by molar-refractivity contribution is 0.149. The molecule has 6 aliphatic rings. The summed E-state index contributed by atoms with van der Waals surface area (Å²) < 4.78 is 0.367. The fourth-order valence-electron chi connectivity index (χ4n) is 6.35. The predicted octanol–water partition coefficient (Wildman–Crippen LogP) is 2.11. The topological polar surface area (TPSA) is 32.6 Å². The van der Waals surface area contributed by atoms with Gasteiger partial charge in [0.2, 0.25) is 0 Å². The van der Waals surface area contributed by atoms with Crippen LogP contribution in [0.1, 0.15) is 12.8 Å². The lowest BCUT2D eigenvalue weighted by atomic mass is 9.71. The number of hydrogen-bond donors (Lipinski definition) is 1. The van der Waals surface area contributed by atoms with Gasteiger partial charge in [-0.05, 0) is 42.4 Å². The average Bonchev–Trinajstić information content (AvgIpc) is 2.76. The van der Waals surface area contributed by atoms with Gasteiger partial charge in [0.15, 0.2) is 0 Å². The number of nitrogens with zero attached hydrogens (tertiary/aromatic N) is 1. The zero-order valence-electron chi connectivity index (χ0n) is 7.73. The molecule has 0 aliphatic heterocycles. The summed E-state index contributed by atoms with van der Waals surface area (Å²) in [6, 6.07) is 0. The van der Waals surface area contributed by atoms with Crippen molar-refractivity contribution in [3.05, 3.63) is 0 Å². The molecule has 0 spiro atoms. The molecule has 6 bridgehead atoms. The van der Waals surface area contributed by atoms with Gasteiger partial charge in [0.05, 0.1) is 5.71 Å². The molecule has 74 valence electrons. The van der Waals surface area contributed by atoms with E-state index in [1.807, 2.05) is 0 Å². The SMILES string of the molecule is O/N=C1\C2C3CC4C5CC(Br)(C1C53)C42. The van der Waals surface area contributed by atoms with Crippen molar-refractivity contribution in [2.24, 2.45) is 46.6 Å². The second-order valence-electron chi connectivity index (χ2n) is 5.99. The molecule has 0 heterocycles. The molecule has 0 amide bonds. The van der Waals surface area contributed by atoms with Gasteiger partial charge in [-0.25, -0.2) is 0 Å². The minimum absolute atomic E-state index is 0.367. The summed E-state index contributed by atoms with van der Waals surface area (Å²) >= 11 is 4.01. The van der Waals surface area contributed by atoms with E-state index in [4.69, 9.17) is 5.21 Å². The molecule has 3 heteroatoms. The molecule has 0 saturated heterocycles. The first-order valence-corrected chi connectivity index (χ1v) is 6.47. The van der Waals surface area contributed by atoms with Gasteiger partial charge in [0.25, 0.3) is 0 Å². The normalized spacial score (nSPS) is 77.8. The first-order chi connectivity index (χ1) is 6.77. The van der Waals surface area contributed by atoms with Crippen molar-refractivity contribution in [2.45, 2.75) is 17.2 Å². The van der Waals surface area contributed by atoms with E-state index in [1.165, 1.54) is 18.6 Å². The van der Waals surface area contributed by atoms with Crippen LogP contribution < -0.4 is 0 Å². The summed E-state index contributed by atoms with van der Waals surface area (Å²) in [6.07, 6.45) is 2.80. The average molecular weight is 254 g/mol. The first kappa shape index (κ1) is 7.26. The van der Waals surface area contributed by atoms with Crippen LogP contribution in [0.25, 0.3) is 0 Å². The third-order valence-electron chi connectivity index (χ3n) is 6.17. The largest absolute Gasteiger partial charge is 0.411 e. The highest BCUT2D eigenvalue weighted by molar-refractivity contribution is 9.10. The molecule has 0 aromatic heterocycles. The highest BCUT2D eigenvalue weighted by Crippen LogP contribution is 2.85. The van der Waals surface area contributed by atoms with E-state index in [0.717, 1.165) is 29.6 Å². The van der Waals surface area contributed by atoms with E-state index in [9.17, 15) is 0 Å². The Morgan fingerprint density at radius 1 is 1.36 bits per heavy atom. The number of oxime groups is 1. The second kappa shape index (κ2) is 1.70. The van der Waals surface area contributed by atoms with Gasteiger partial charge < -0.3 is 5.21 Å². The molecule has 1 N–H and O–H groups in total. The van der Waals surface area contributed by atoms with E-state index in [0.29, 0.717) is 16.2 Å². The molecule has 8 unspecified atom stereocenters. The van der Waals surface area contributed by atoms with Gasteiger partial charge >= 0.3 is 0 Å². The smallest absolute Gasteiger partial charge is 0.0655 e. The molecular formula is C11H12BrNO. The van der Waals surface area contributed by atoms with Crippen molar-refractivity contribution < 1.29 is 5.21 Å². The van der Waals surface area contributed by atoms with Crippen LogP contribution >= 0.6 is 15.9 Å².